The van der Waals surface area contributed by atoms with Crippen LogP contribution in [-0.2, 0) is 0 Å². The van der Waals surface area contributed by atoms with Crippen molar-refractivity contribution in [1.29, 1.82) is 0 Å². The summed E-state index contributed by atoms with van der Waals surface area (Å²) in [6.45, 7) is 0. The normalized spacial score (nSPS) is 16.2. The topological polar surface area (TPSA) is 46.5 Å². The Hall–Kier alpha value is -1.81. The van der Waals surface area contributed by atoms with Crippen LogP contribution in [0.3, 0.4) is 0 Å². The van der Waals surface area contributed by atoms with Crippen LogP contribution in [0.15, 0.2) is 30.3 Å². The maximum atomic E-state index is 6.33. The SMILES string of the molecule is Clc1cc(C2CCCC2)nn1-c1nc2ccccc2[nH]1. The molecule has 0 atom stereocenters. The zero-order chi connectivity index (χ0) is 13.5. The van der Waals surface area contributed by atoms with E-state index in [1.54, 1.807) is 4.68 Å². The highest BCUT2D eigenvalue weighted by molar-refractivity contribution is 6.29. The quantitative estimate of drug-likeness (QED) is 0.772. The molecule has 1 fully saturated rings. The summed E-state index contributed by atoms with van der Waals surface area (Å²) in [4.78, 5) is 7.81. The number of nitrogens with zero attached hydrogens (tertiary/aromatic N) is 3. The molecule has 1 saturated carbocycles. The molecule has 20 heavy (non-hydrogen) atoms. The van der Waals surface area contributed by atoms with Gasteiger partial charge in [0.1, 0.15) is 5.15 Å². The van der Waals surface area contributed by atoms with E-state index in [2.05, 4.69) is 15.1 Å². The van der Waals surface area contributed by atoms with Crippen molar-refractivity contribution in [2.75, 3.05) is 0 Å². The first kappa shape index (κ1) is 12.0. The molecule has 0 amide bonds. The van der Waals surface area contributed by atoms with Gasteiger partial charge in [-0.15, -0.1) is 0 Å². The van der Waals surface area contributed by atoms with E-state index in [4.69, 9.17) is 11.6 Å². The average Bonchev–Trinajstić information content (AvgIpc) is 3.16. The monoisotopic (exact) mass is 286 g/mol. The Labute approximate surface area is 121 Å². The van der Waals surface area contributed by atoms with Gasteiger partial charge < -0.3 is 4.98 Å². The van der Waals surface area contributed by atoms with Crippen LogP contribution < -0.4 is 0 Å². The van der Waals surface area contributed by atoms with Gasteiger partial charge in [0, 0.05) is 5.92 Å². The highest BCUT2D eigenvalue weighted by Crippen LogP contribution is 2.34. The van der Waals surface area contributed by atoms with Gasteiger partial charge in [-0.2, -0.15) is 9.78 Å². The van der Waals surface area contributed by atoms with Crippen LogP contribution in [0.25, 0.3) is 17.0 Å². The van der Waals surface area contributed by atoms with Crippen LogP contribution in [0.2, 0.25) is 5.15 Å². The van der Waals surface area contributed by atoms with Gasteiger partial charge in [-0.3, -0.25) is 0 Å². The summed E-state index contributed by atoms with van der Waals surface area (Å²) in [5.41, 5.74) is 3.01. The number of nitrogens with one attached hydrogen (secondary N) is 1. The molecule has 0 bridgehead atoms. The number of fused-ring (bicyclic) bond motifs is 1. The second-order valence-electron chi connectivity index (χ2n) is 5.36. The van der Waals surface area contributed by atoms with Gasteiger partial charge in [-0.05, 0) is 31.0 Å². The van der Waals surface area contributed by atoms with Crippen molar-refractivity contribution in [1.82, 2.24) is 19.7 Å². The number of hydrogen-bond acceptors (Lipinski definition) is 2. The summed E-state index contributed by atoms with van der Waals surface area (Å²) < 4.78 is 1.70. The largest absolute Gasteiger partial charge is 0.322 e. The molecule has 1 aliphatic carbocycles. The van der Waals surface area contributed by atoms with Crippen molar-refractivity contribution >= 4 is 22.6 Å². The predicted molar refractivity (Wildman–Crippen MR) is 79.4 cm³/mol. The number of rotatable bonds is 2. The molecule has 3 aromatic rings. The van der Waals surface area contributed by atoms with Crippen LogP contribution in [0.4, 0.5) is 0 Å². The third kappa shape index (κ3) is 1.91. The smallest absolute Gasteiger partial charge is 0.230 e. The lowest BCUT2D eigenvalue weighted by molar-refractivity contribution is 0.673. The highest BCUT2D eigenvalue weighted by Gasteiger charge is 2.22. The zero-order valence-corrected chi connectivity index (χ0v) is 11.8. The number of hydrogen-bond donors (Lipinski definition) is 1. The molecule has 4 nitrogen and oxygen atoms in total. The number of para-hydroxylation sites is 2. The predicted octanol–water partition coefficient (Wildman–Crippen LogP) is 4.06. The fraction of sp³-hybridized carbons (Fsp3) is 0.333. The van der Waals surface area contributed by atoms with Gasteiger partial charge in [-0.25, -0.2) is 4.98 Å². The molecule has 2 heterocycles. The van der Waals surface area contributed by atoms with E-state index < -0.39 is 0 Å². The summed E-state index contributed by atoms with van der Waals surface area (Å²) in [5, 5.41) is 5.26. The van der Waals surface area contributed by atoms with Crippen LogP contribution in [0, 0.1) is 0 Å². The van der Waals surface area contributed by atoms with E-state index in [9.17, 15) is 0 Å². The van der Waals surface area contributed by atoms with Crippen molar-refractivity contribution < 1.29 is 0 Å². The number of imidazole rings is 1. The number of aromatic nitrogens is 4. The summed E-state index contributed by atoms with van der Waals surface area (Å²) in [7, 11) is 0. The molecule has 4 rings (SSSR count). The lowest BCUT2D eigenvalue weighted by Crippen LogP contribution is -2.01. The van der Waals surface area contributed by atoms with Crippen molar-refractivity contribution in [2.45, 2.75) is 31.6 Å². The van der Waals surface area contributed by atoms with Crippen molar-refractivity contribution in [3.05, 3.63) is 41.2 Å². The molecule has 102 valence electrons. The van der Waals surface area contributed by atoms with Crippen LogP contribution in [-0.4, -0.2) is 19.7 Å². The van der Waals surface area contributed by atoms with E-state index in [-0.39, 0.29) is 0 Å². The lowest BCUT2D eigenvalue weighted by atomic mass is 10.1. The fourth-order valence-electron chi connectivity index (χ4n) is 2.98. The maximum absolute atomic E-state index is 6.33. The van der Waals surface area contributed by atoms with Crippen molar-refractivity contribution in [2.24, 2.45) is 0 Å². The van der Waals surface area contributed by atoms with Gasteiger partial charge in [0.2, 0.25) is 5.95 Å². The molecule has 1 aromatic carbocycles. The minimum atomic E-state index is 0.554. The van der Waals surface area contributed by atoms with Gasteiger partial charge in [-0.1, -0.05) is 36.6 Å². The molecule has 0 unspecified atom stereocenters. The Bertz CT molecular complexity index is 719. The number of aromatic amines is 1. The molecule has 5 heteroatoms. The number of benzene rings is 1. The van der Waals surface area contributed by atoms with Crippen LogP contribution in [0.1, 0.15) is 37.3 Å². The van der Waals surface area contributed by atoms with E-state index in [0.29, 0.717) is 17.0 Å². The Morgan fingerprint density at radius 2 is 2.00 bits per heavy atom. The molecular weight excluding hydrogens is 272 g/mol. The molecule has 2 aromatic heterocycles. The van der Waals surface area contributed by atoms with Crippen molar-refractivity contribution in [3.63, 3.8) is 0 Å². The van der Waals surface area contributed by atoms with Crippen LogP contribution >= 0.6 is 11.6 Å². The third-order valence-corrected chi connectivity index (χ3v) is 4.30. The maximum Gasteiger partial charge on any atom is 0.230 e. The molecule has 0 saturated heterocycles. The zero-order valence-electron chi connectivity index (χ0n) is 11.0. The average molecular weight is 287 g/mol. The summed E-state index contributed by atoms with van der Waals surface area (Å²) in [6, 6.07) is 9.91. The molecule has 0 spiro atoms. The van der Waals surface area contributed by atoms with Crippen molar-refractivity contribution in [3.8, 4) is 5.95 Å². The standard InChI is InChI=1S/C15H15ClN4/c16-14-9-13(10-5-1-2-6-10)19-20(14)15-17-11-7-3-4-8-12(11)18-15/h3-4,7-10H,1-2,5-6H2,(H,17,18). The second kappa shape index (κ2) is 4.63. The Morgan fingerprint density at radius 3 is 2.80 bits per heavy atom. The summed E-state index contributed by atoms with van der Waals surface area (Å²) in [5.74, 6) is 1.23. The minimum Gasteiger partial charge on any atom is -0.322 e. The van der Waals surface area contributed by atoms with Gasteiger partial charge in [0.15, 0.2) is 0 Å². The van der Waals surface area contributed by atoms with Gasteiger partial charge in [0.05, 0.1) is 16.7 Å². The van der Waals surface area contributed by atoms with Crippen LogP contribution in [0.5, 0.6) is 0 Å². The minimum absolute atomic E-state index is 0.554. The Kier molecular flexibility index (Phi) is 2.77. The first-order valence-corrected chi connectivity index (χ1v) is 7.39. The highest BCUT2D eigenvalue weighted by atomic mass is 35.5. The third-order valence-electron chi connectivity index (χ3n) is 4.04. The van der Waals surface area contributed by atoms with Gasteiger partial charge >= 0.3 is 0 Å². The van der Waals surface area contributed by atoms with E-state index in [1.807, 2.05) is 30.3 Å². The van der Waals surface area contributed by atoms with E-state index in [1.165, 1.54) is 25.7 Å². The molecule has 0 radical (unpaired) electrons. The fourth-order valence-corrected chi connectivity index (χ4v) is 3.21. The first-order valence-electron chi connectivity index (χ1n) is 7.02. The van der Waals surface area contributed by atoms with E-state index >= 15 is 0 Å². The Morgan fingerprint density at radius 1 is 1.20 bits per heavy atom. The molecule has 0 aliphatic heterocycles. The van der Waals surface area contributed by atoms with E-state index in [0.717, 1.165) is 16.7 Å². The van der Waals surface area contributed by atoms with Gasteiger partial charge in [0.25, 0.3) is 0 Å². The molecule has 1 N–H and O–H groups in total. The summed E-state index contributed by atoms with van der Waals surface area (Å²) in [6.07, 6.45) is 5.01. The second-order valence-corrected chi connectivity index (χ2v) is 5.75. The lowest BCUT2D eigenvalue weighted by Gasteiger charge is -2.03. The molecule has 1 aliphatic rings. The Balaban J connectivity index is 1.77. The number of halogens is 1. The summed E-state index contributed by atoms with van der Waals surface area (Å²) >= 11 is 6.33. The first-order chi connectivity index (χ1) is 9.81. The number of H-pyrrole nitrogens is 1. The molecular formula is C15H15ClN4.